The summed E-state index contributed by atoms with van der Waals surface area (Å²) in [4.78, 5) is 24.6. The molecule has 0 amide bonds. The molecule has 0 heterocycles. The Morgan fingerprint density at radius 1 is 0.667 bits per heavy atom. The number of rotatable bonds is 2. The lowest BCUT2D eigenvalue weighted by molar-refractivity contribution is -0.122. The van der Waals surface area contributed by atoms with Crippen LogP contribution in [-0.4, -0.2) is 11.6 Å². The minimum atomic E-state index is 0.199. The van der Waals surface area contributed by atoms with E-state index in [0.29, 0.717) is 35.2 Å². The molecule has 2 nitrogen and oxygen atoms in total. The Kier molecular flexibility index (Phi) is 4.79. The summed E-state index contributed by atoms with van der Waals surface area (Å²) in [5, 5.41) is 0. The van der Waals surface area contributed by atoms with Gasteiger partial charge >= 0.3 is 0 Å². The van der Waals surface area contributed by atoms with E-state index in [-0.39, 0.29) is 11.8 Å². The SMILES string of the molecule is O=C1C[C@@H]2CCCC[C@H]2[C@@H]1CC#CC[C@H]1C(=O)C[C@H]2CCCC[C@@H]21. The van der Waals surface area contributed by atoms with Crippen molar-refractivity contribution in [3.05, 3.63) is 0 Å². The van der Waals surface area contributed by atoms with Crippen LogP contribution in [-0.2, 0) is 9.59 Å². The fourth-order valence-electron chi connectivity index (χ4n) is 6.23. The molecule has 0 aromatic heterocycles. The Hall–Kier alpha value is -1.10. The largest absolute Gasteiger partial charge is 0.299 e. The van der Waals surface area contributed by atoms with Crippen molar-refractivity contribution in [1.82, 2.24) is 0 Å². The average molecular weight is 326 g/mol. The van der Waals surface area contributed by atoms with Gasteiger partial charge in [-0.2, -0.15) is 0 Å². The summed E-state index contributed by atoms with van der Waals surface area (Å²) in [5.41, 5.74) is 0. The van der Waals surface area contributed by atoms with Crippen molar-refractivity contribution in [2.75, 3.05) is 0 Å². The highest BCUT2D eigenvalue weighted by Crippen LogP contribution is 2.46. The standard InChI is InChI=1S/C22H30O2/c23-21-13-15-7-1-3-9-17(15)19(21)11-5-6-12-20-18-10-4-2-8-16(18)14-22(20)24/h15-20H,1-4,7-14H2/t15-,16+,17+,18-,19-,20+. The van der Waals surface area contributed by atoms with E-state index >= 15 is 0 Å². The molecule has 0 bridgehead atoms. The summed E-state index contributed by atoms with van der Waals surface area (Å²) in [6.45, 7) is 0. The van der Waals surface area contributed by atoms with Crippen molar-refractivity contribution in [2.45, 2.75) is 77.0 Å². The normalized spacial score (nSPS) is 41.5. The molecule has 130 valence electrons. The number of ketones is 2. The second kappa shape index (κ2) is 7.03. The smallest absolute Gasteiger partial charge is 0.137 e. The number of hydrogen-bond donors (Lipinski definition) is 0. The Morgan fingerprint density at radius 3 is 1.54 bits per heavy atom. The van der Waals surface area contributed by atoms with E-state index in [4.69, 9.17) is 0 Å². The van der Waals surface area contributed by atoms with Crippen LogP contribution in [0.25, 0.3) is 0 Å². The van der Waals surface area contributed by atoms with Crippen molar-refractivity contribution in [2.24, 2.45) is 35.5 Å². The number of carbonyl (C=O) groups is 2. The molecular weight excluding hydrogens is 296 g/mol. The van der Waals surface area contributed by atoms with Gasteiger partial charge in [0, 0.05) is 37.5 Å². The zero-order valence-electron chi connectivity index (χ0n) is 14.8. The molecule has 24 heavy (non-hydrogen) atoms. The van der Waals surface area contributed by atoms with Crippen LogP contribution in [0.2, 0.25) is 0 Å². The molecule has 4 fully saturated rings. The van der Waals surface area contributed by atoms with E-state index in [1.165, 1.54) is 51.4 Å². The van der Waals surface area contributed by atoms with Gasteiger partial charge in [-0.15, -0.1) is 11.8 Å². The zero-order chi connectivity index (χ0) is 16.5. The lowest BCUT2D eigenvalue weighted by Gasteiger charge is -2.27. The maximum atomic E-state index is 12.3. The lowest BCUT2D eigenvalue weighted by Crippen LogP contribution is -2.21. The zero-order valence-corrected chi connectivity index (χ0v) is 14.8. The highest BCUT2D eigenvalue weighted by molar-refractivity contribution is 5.85. The first-order valence-corrected chi connectivity index (χ1v) is 10.2. The molecule has 6 atom stereocenters. The van der Waals surface area contributed by atoms with E-state index in [9.17, 15) is 9.59 Å². The van der Waals surface area contributed by atoms with Crippen molar-refractivity contribution < 1.29 is 9.59 Å². The minimum Gasteiger partial charge on any atom is -0.299 e. The summed E-state index contributed by atoms with van der Waals surface area (Å²) < 4.78 is 0. The number of Topliss-reactive ketones (excluding diaryl/α,β-unsaturated/α-hetero) is 2. The van der Waals surface area contributed by atoms with Crippen LogP contribution in [0.4, 0.5) is 0 Å². The molecule has 4 aliphatic rings. The Labute approximate surface area is 146 Å². The van der Waals surface area contributed by atoms with Crippen molar-refractivity contribution in [3.8, 4) is 11.8 Å². The first-order valence-electron chi connectivity index (χ1n) is 10.2. The van der Waals surface area contributed by atoms with E-state index in [1.54, 1.807) is 0 Å². The monoisotopic (exact) mass is 326 g/mol. The van der Waals surface area contributed by atoms with Crippen LogP contribution in [0.15, 0.2) is 0 Å². The molecule has 4 saturated carbocycles. The number of carbonyl (C=O) groups excluding carboxylic acids is 2. The highest BCUT2D eigenvalue weighted by atomic mass is 16.1. The van der Waals surface area contributed by atoms with Gasteiger partial charge in [-0.3, -0.25) is 9.59 Å². The first-order chi connectivity index (χ1) is 11.7. The Morgan fingerprint density at radius 2 is 1.08 bits per heavy atom. The summed E-state index contributed by atoms with van der Waals surface area (Å²) in [5.74, 6) is 10.5. The number of hydrogen-bond acceptors (Lipinski definition) is 2. The molecular formula is C22H30O2. The van der Waals surface area contributed by atoms with E-state index in [0.717, 1.165) is 25.7 Å². The van der Waals surface area contributed by atoms with E-state index in [2.05, 4.69) is 11.8 Å². The van der Waals surface area contributed by atoms with Gasteiger partial charge in [-0.1, -0.05) is 25.7 Å². The van der Waals surface area contributed by atoms with Crippen molar-refractivity contribution in [3.63, 3.8) is 0 Å². The average Bonchev–Trinajstić information content (AvgIpc) is 3.08. The summed E-state index contributed by atoms with van der Waals surface area (Å²) in [6, 6.07) is 0. The topological polar surface area (TPSA) is 34.1 Å². The second-order valence-electron chi connectivity index (χ2n) is 8.73. The molecule has 0 saturated heterocycles. The molecule has 0 aliphatic heterocycles. The molecule has 0 N–H and O–H groups in total. The molecule has 0 radical (unpaired) electrons. The molecule has 0 aromatic rings. The lowest BCUT2D eigenvalue weighted by atomic mass is 9.77. The predicted molar refractivity (Wildman–Crippen MR) is 94.1 cm³/mol. The van der Waals surface area contributed by atoms with Gasteiger partial charge in [0.25, 0.3) is 0 Å². The molecule has 0 unspecified atom stereocenters. The third kappa shape index (κ3) is 3.07. The molecule has 4 rings (SSSR count). The summed E-state index contributed by atoms with van der Waals surface area (Å²) in [6.07, 6.45) is 13.3. The van der Waals surface area contributed by atoms with Crippen LogP contribution in [0, 0.1) is 47.3 Å². The first kappa shape index (κ1) is 16.4. The summed E-state index contributed by atoms with van der Waals surface area (Å²) >= 11 is 0. The number of fused-ring (bicyclic) bond motifs is 2. The van der Waals surface area contributed by atoms with Crippen LogP contribution < -0.4 is 0 Å². The van der Waals surface area contributed by atoms with Crippen LogP contribution in [0.3, 0.4) is 0 Å². The molecule has 2 heteroatoms. The molecule has 0 aromatic carbocycles. The van der Waals surface area contributed by atoms with Crippen LogP contribution >= 0.6 is 0 Å². The minimum absolute atomic E-state index is 0.199. The van der Waals surface area contributed by atoms with Crippen molar-refractivity contribution >= 4 is 11.6 Å². The van der Waals surface area contributed by atoms with E-state index < -0.39 is 0 Å². The second-order valence-corrected chi connectivity index (χ2v) is 8.73. The maximum absolute atomic E-state index is 12.3. The third-order valence-corrected chi connectivity index (χ3v) is 7.49. The third-order valence-electron chi connectivity index (χ3n) is 7.49. The van der Waals surface area contributed by atoms with Crippen LogP contribution in [0.1, 0.15) is 77.0 Å². The Balaban J connectivity index is 1.34. The van der Waals surface area contributed by atoms with Crippen LogP contribution in [0.5, 0.6) is 0 Å². The van der Waals surface area contributed by atoms with Gasteiger partial charge in [-0.05, 0) is 49.4 Å². The fourth-order valence-corrected chi connectivity index (χ4v) is 6.23. The molecule has 4 aliphatic carbocycles. The molecule has 0 spiro atoms. The van der Waals surface area contributed by atoms with Gasteiger partial charge < -0.3 is 0 Å². The van der Waals surface area contributed by atoms with Gasteiger partial charge in [-0.25, -0.2) is 0 Å². The predicted octanol–water partition coefficient (Wildman–Crippen LogP) is 4.56. The maximum Gasteiger partial charge on any atom is 0.137 e. The van der Waals surface area contributed by atoms with Gasteiger partial charge in [0.05, 0.1) is 0 Å². The fraction of sp³-hybridized carbons (Fsp3) is 0.818. The van der Waals surface area contributed by atoms with Crippen molar-refractivity contribution in [1.29, 1.82) is 0 Å². The van der Waals surface area contributed by atoms with Gasteiger partial charge in [0.2, 0.25) is 0 Å². The quantitative estimate of drug-likeness (QED) is 0.697. The van der Waals surface area contributed by atoms with Gasteiger partial charge in [0.15, 0.2) is 0 Å². The summed E-state index contributed by atoms with van der Waals surface area (Å²) in [7, 11) is 0. The Bertz CT molecular complexity index is 518. The van der Waals surface area contributed by atoms with E-state index in [1.807, 2.05) is 0 Å². The highest BCUT2D eigenvalue weighted by Gasteiger charge is 2.43. The van der Waals surface area contributed by atoms with Gasteiger partial charge in [0.1, 0.15) is 11.6 Å².